The number of hydrogen-bond acceptors (Lipinski definition) is 2. The van der Waals surface area contributed by atoms with E-state index < -0.39 is 17.6 Å². The van der Waals surface area contributed by atoms with Gasteiger partial charge < -0.3 is 4.90 Å². The first-order chi connectivity index (χ1) is 8.77. The van der Waals surface area contributed by atoms with Gasteiger partial charge in [-0.15, -0.1) is 0 Å². The van der Waals surface area contributed by atoms with Crippen LogP contribution in [0.15, 0.2) is 24.3 Å². The van der Waals surface area contributed by atoms with Crippen molar-refractivity contribution in [3.63, 3.8) is 0 Å². The Labute approximate surface area is 109 Å². The van der Waals surface area contributed by atoms with Crippen LogP contribution in [0.1, 0.15) is 29.8 Å². The maximum atomic E-state index is 12.6. The highest BCUT2D eigenvalue weighted by Crippen LogP contribution is 2.29. The summed E-state index contributed by atoms with van der Waals surface area (Å²) in [5.41, 5.74) is -0.946. The first-order valence-corrected chi connectivity index (χ1v) is 5.62. The summed E-state index contributed by atoms with van der Waals surface area (Å²) in [5, 5.41) is 8.64. The number of carbonyl (C=O) groups excluding carboxylic acids is 1. The molecule has 102 valence electrons. The summed E-state index contributed by atoms with van der Waals surface area (Å²) in [6, 6.07) is 5.76. The fraction of sp³-hybridized carbons (Fsp3) is 0.385. The van der Waals surface area contributed by atoms with Crippen molar-refractivity contribution in [2.24, 2.45) is 0 Å². The summed E-state index contributed by atoms with van der Waals surface area (Å²) in [7, 11) is 0. The van der Waals surface area contributed by atoms with E-state index in [1.807, 2.05) is 6.07 Å². The molecule has 0 radical (unpaired) electrons. The Kier molecular flexibility index (Phi) is 4.54. The molecule has 1 amide bonds. The van der Waals surface area contributed by atoms with Gasteiger partial charge in [-0.2, -0.15) is 18.4 Å². The van der Waals surface area contributed by atoms with E-state index in [2.05, 4.69) is 0 Å². The molecule has 1 rings (SSSR count). The molecule has 0 fully saturated rings. The van der Waals surface area contributed by atoms with Gasteiger partial charge in [-0.1, -0.05) is 6.07 Å². The normalized spacial score (nSPS) is 11.2. The maximum absolute atomic E-state index is 12.6. The second-order valence-electron chi connectivity index (χ2n) is 4.26. The van der Waals surface area contributed by atoms with Crippen LogP contribution in [-0.2, 0) is 6.18 Å². The Balaban J connectivity index is 3.09. The van der Waals surface area contributed by atoms with Crippen molar-refractivity contribution in [1.82, 2.24) is 4.90 Å². The van der Waals surface area contributed by atoms with Crippen LogP contribution in [-0.4, -0.2) is 23.4 Å². The zero-order chi connectivity index (χ0) is 14.6. The van der Waals surface area contributed by atoms with Gasteiger partial charge >= 0.3 is 6.18 Å². The van der Waals surface area contributed by atoms with Gasteiger partial charge in [0.25, 0.3) is 5.91 Å². The van der Waals surface area contributed by atoms with E-state index in [1.54, 1.807) is 13.8 Å². The molecule has 0 aliphatic rings. The van der Waals surface area contributed by atoms with Crippen LogP contribution in [0.4, 0.5) is 13.2 Å². The summed E-state index contributed by atoms with van der Waals surface area (Å²) in [6.45, 7) is 3.23. The summed E-state index contributed by atoms with van der Waals surface area (Å²) in [4.78, 5) is 13.3. The fourth-order valence-corrected chi connectivity index (χ4v) is 1.56. The Morgan fingerprint density at radius 1 is 1.42 bits per heavy atom. The molecule has 0 aromatic heterocycles. The number of amides is 1. The van der Waals surface area contributed by atoms with Crippen molar-refractivity contribution in [1.29, 1.82) is 5.26 Å². The van der Waals surface area contributed by atoms with Gasteiger partial charge in [0.2, 0.25) is 0 Å². The summed E-state index contributed by atoms with van der Waals surface area (Å²) in [6.07, 6.45) is -4.49. The largest absolute Gasteiger partial charge is 0.416 e. The smallest absolute Gasteiger partial charge is 0.323 e. The van der Waals surface area contributed by atoms with Crippen LogP contribution in [0.5, 0.6) is 0 Å². The lowest BCUT2D eigenvalue weighted by atomic mass is 10.1. The fourth-order valence-electron chi connectivity index (χ4n) is 1.56. The highest BCUT2D eigenvalue weighted by Gasteiger charge is 2.31. The standard InChI is InChI=1S/C13H13F3N2O/c1-9(2)18(7-6-17)12(19)10-4-3-5-11(8-10)13(14,15)16/h3-5,8-9H,7H2,1-2H3. The van der Waals surface area contributed by atoms with Gasteiger partial charge in [-0.05, 0) is 32.0 Å². The predicted molar refractivity (Wildman–Crippen MR) is 63.2 cm³/mol. The van der Waals surface area contributed by atoms with Crippen molar-refractivity contribution >= 4 is 5.91 Å². The monoisotopic (exact) mass is 270 g/mol. The van der Waals surface area contributed by atoms with E-state index in [-0.39, 0.29) is 18.2 Å². The molecule has 19 heavy (non-hydrogen) atoms. The molecule has 3 nitrogen and oxygen atoms in total. The molecule has 0 aliphatic carbocycles. The zero-order valence-corrected chi connectivity index (χ0v) is 10.5. The lowest BCUT2D eigenvalue weighted by Gasteiger charge is -2.24. The Hall–Kier alpha value is -2.03. The number of hydrogen-bond donors (Lipinski definition) is 0. The Morgan fingerprint density at radius 2 is 2.05 bits per heavy atom. The number of benzene rings is 1. The molecule has 1 aromatic rings. The number of rotatable bonds is 3. The lowest BCUT2D eigenvalue weighted by molar-refractivity contribution is -0.137. The molecular formula is C13H13F3N2O. The summed E-state index contributed by atoms with van der Waals surface area (Å²) < 4.78 is 37.7. The molecule has 0 N–H and O–H groups in total. The van der Waals surface area contributed by atoms with Crippen LogP contribution in [0.2, 0.25) is 0 Å². The van der Waals surface area contributed by atoms with Crippen molar-refractivity contribution in [3.8, 4) is 6.07 Å². The average Bonchev–Trinajstić information content (AvgIpc) is 2.34. The van der Waals surface area contributed by atoms with Crippen LogP contribution < -0.4 is 0 Å². The molecule has 0 saturated carbocycles. The summed E-state index contributed by atoms with van der Waals surface area (Å²) >= 11 is 0. The first kappa shape index (κ1) is 15.0. The number of halogens is 3. The number of nitriles is 1. The van der Waals surface area contributed by atoms with E-state index in [0.29, 0.717) is 0 Å². The molecule has 0 saturated heterocycles. The maximum Gasteiger partial charge on any atom is 0.416 e. The van der Waals surface area contributed by atoms with Crippen molar-refractivity contribution in [2.75, 3.05) is 6.54 Å². The second kappa shape index (κ2) is 5.74. The van der Waals surface area contributed by atoms with Crippen molar-refractivity contribution < 1.29 is 18.0 Å². The van der Waals surface area contributed by atoms with E-state index in [0.717, 1.165) is 12.1 Å². The minimum absolute atomic E-state index is 0.0706. The minimum Gasteiger partial charge on any atom is -0.323 e. The molecule has 0 atom stereocenters. The first-order valence-electron chi connectivity index (χ1n) is 5.62. The van der Waals surface area contributed by atoms with E-state index in [1.165, 1.54) is 17.0 Å². The van der Waals surface area contributed by atoms with Gasteiger partial charge in [0.05, 0.1) is 11.6 Å². The average molecular weight is 270 g/mol. The summed E-state index contributed by atoms with van der Waals surface area (Å²) in [5.74, 6) is -0.581. The lowest BCUT2D eigenvalue weighted by Crippen LogP contribution is -2.37. The van der Waals surface area contributed by atoms with Gasteiger partial charge in [-0.3, -0.25) is 4.79 Å². The quantitative estimate of drug-likeness (QED) is 0.792. The van der Waals surface area contributed by atoms with Crippen LogP contribution in [0.3, 0.4) is 0 Å². The van der Waals surface area contributed by atoms with Gasteiger partial charge in [0.1, 0.15) is 6.54 Å². The molecule has 0 spiro atoms. The molecule has 0 unspecified atom stereocenters. The second-order valence-corrected chi connectivity index (χ2v) is 4.26. The molecule has 1 aromatic carbocycles. The van der Waals surface area contributed by atoms with Crippen LogP contribution >= 0.6 is 0 Å². The highest BCUT2D eigenvalue weighted by atomic mass is 19.4. The van der Waals surface area contributed by atoms with Crippen LogP contribution in [0.25, 0.3) is 0 Å². The van der Waals surface area contributed by atoms with E-state index in [4.69, 9.17) is 5.26 Å². The molecule has 6 heteroatoms. The van der Waals surface area contributed by atoms with Gasteiger partial charge in [0, 0.05) is 11.6 Å². The Morgan fingerprint density at radius 3 is 2.53 bits per heavy atom. The molecule has 0 bridgehead atoms. The number of carbonyl (C=O) groups is 1. The van der Waals surface area contributed by atoms with E-state index in [9.17, 15) is 18.0 Å². The van der Waals surface area contributed by atoms with Crippen LogP contribution in [0, 0.1) is 11.3 Å². The third-order valence-corrected chi connectivity index (χ3v) is 2.56. The van der Waals surface area contributed by atoms with Crippen molar-refractivity contribution in [3.05, 3.63) is 35.4 Å². The van der Waals surface area contributed by atoms with Gasteiger partial charge in [0.15, 0.2) is 0 Å². The SMILES string of the molecule is CC(C)N(CC#N)C(=O)c1cccc(C(F)(F)F)c1. The topological polar surface area (TPSA) is 44.1 Å². The minimum atomic E-state index is -4.49. The molecular weight excluding hydrogens is 257 g/mol. The highest BCUT2D eigenvalue weighted by molar-refractivity contribution is 5.94. The molecule has 0 aliphatic heterocycles. The zero-order valence-electron chi connectivity index (χ0n) is 10.5. The third kappa shape index (κ3) is 3.71. The number of nitrogens with zero attached hydrogens (tertiary/aromatic N) is 2. The third-order valence-electron chi connectivity index (χ3n) is 2.56. The van der Waals surface area contributed by atoms with E-state index >= 15 is 0 Å². The predicted octanol–water partition coefficient (Wildman–Crippen LogP) is 3.08. The van der Waals surface area contributed by atoms with Crippen molar-refractivity contribution in [2.45, 2.75) is 26.1 Å². The Bertz CT molecular complexity index is 503. The van der Waals surface area contributed by atoms with Gasteiger partial charge in [-0.25, -0.2) is 0 Å². The molecule has 0 heterocycles. The number of alkyl halides is 3.